The minimum absolute atomic E-state index is 0.237. The van der Waals surface area contributed by atoms with Crippen LogP contribution in [0.2, 0.25) is 0 Å². The number of pyridine rings is 1. The lowest BCUT2D eigenvalue weighted by Gasteiger charge is -2.35. The van der Waals surface area contributed by atoms with E-state index >= 15 is 0 Å². The summed E-state index contributed by atoms with van der Waals surface area (Å²) in [5, 5.41) is 5.14. The Labute approximate surface area is 205 Å². The van der Waals surface area contributed by atoms with E-state index in [-0.39, 0.29) is 5.91 Å². The maximum atomic E-state index is 12.5. The molecule has 0 radical (unpaired) electrons. The van der Waals surface area contributed by atoms with Crippen molar-refractivity contribution in [3.63, 3.8) is 0 Å². The van der Waals surface area contributed by atoms with Gasteiger partial charge in [-0.2, -0.15) is 4.98 Å². The fourth-order valence-corrected chi connectivity index (χ4v) is 4.43. The number of carbonyl (C=O) groups is 1. The molecular formula is C27H30N6O2. The summed E-state index contributed by atoms with van der Waals surface area (Å²) in [5.41, 5.74) is 4.37. The SMILES string of the molecule is CCCCC(=O)N1CCN(c2nc(Cc3ccc(C)cc3)nc3onc(-c4cccnc4)c23)CC1. The number of aromatic nitrogens is 4. The van der Waals surface area contributed by atoms with Gasteiger partial charge in [-0.15, -0.1) is 0 Å². The summed E-state index contributed by atoms with van der Waals surface area (Å²) < 4.78 is 5.72. The van der Waals surface area contributed by atoms with Crippen molar-refractivity contribution in [1.82, 2.24) is 25.0 Å². The van der Waals surface area contributed by atoms with Crippen LogP contribution in [-0.2, 0) is 11.2 Å². The first-order valence-electron chi connectivity index (χ1n) is 12.3. The van der Waals surface area contributed by atoms with Crippen LogP contribution in [-0.4, -0.2) is 57.1 Å². The average molecular weight is 471 g/mol. The van der Waals surface area contributed by atoms with Gasteiger partial charge in [0, 0.05) is 57.0 Å². The number of aryl methyl sites for hydroxylation is 1. The minimum atomic E-state index is 0.237. The lowest BCUT2D eigenvalue weighted by Crippen LogP contribution is -2.49. The van der Waals surface area contributed by atoms with Crippen LogP contribution < -0.4 is 4.90 Å². The second-order valence-corrected chi connectivity index (χ2v) is 9.05. The normalized spacial score (nSPS) is 14.0. The predicted molar refractivity (Wildman–Crippen MR) is 135 cm³/mol. The van der Waals surface area contributed by atoms with Crippen LogP contribution in [0.15, 0.2) is 53.3 Å². The van der Waals surface area contributed by atoms with Gasteiger partial charge in [0.15, 0.2) is 0 Å². The first kappa shape index (κ1) is 23.0. The monoisotopic (exact) mass is 470 g/mol. The predicted octanol–water partition coefficient (Wildman–Crippen LogP) is 4.42. The summed E-state index contributed by atoms with van der Waals surface area (Å²) in [6.45, 7) is 6.94. The number of hydrogen-bond acceptors (Lipinski definition) is 7. The van der Waals surface area contributed by atoms with E-state index in [1.54, 1.807) is 12.4 Å². The summed E-state index contributed by atoms with van der Waals surface area (Å²) in [4.78, 5) is 30.7. The van der Waals surface area contributed by atoms with Crippen LogP contribution in [0.25, 0.3) is 22.4 Å². The number of nitrogens with zero attached hydrogens (tertiary/aromatic N) is 6. The Balaban J connectivity index is 1.49. The largest absolute Gasteiger partial charge is 0.352 e. The molecule has 0 N–H and O–H groups in total. The Morgan fingerprint density at radius 2 is 1.86 bits per heavy atom. The van der Waals surface area contributed by atoms with E-state index in [2.05, 4.69) is 53.2 Å². The summed E-state index contributed by atoms with van der Waals surface area (Å²) >= 11 is 0. The van der Waals surface area contributed by atoms with Gasteiger partial charge >= 0.3 is 0 Å². The van der Waals surface area contributed by atoms with Gasteiger partial charge < -0.3 is 14.3 Å². The molecule has 0 unspecified atom stereocenters. The van der Waals surface area contributed by atoms with Gasteiger partial charge in [0.1, 0.15) is 22.7 Å². The quantitative estimate of drug-likeness (QED) is 0.395. The lowest BCUT2D eigenvalue weighted by atomic mass is 10.1. The van der Waals surface area contributed by atoms with Gasteiger partial charge in [0.05, 0.1) is 0 Å². The highest BCUT2D eigenvalue weighted by atomic mass is 16.5. The zero-order chi connectivity index (χ0) is 24.2. The highest BCUT2D eigenvalue weighted by Gasteiger charge is 2.27. The smallest absolute Gasteiger partial charge is 0.263 e. The maximum absolute atomic E-state index is 12.5. The summed E-state index contributed by atoms with van der Waals surface area (Å²) in [6.07, 6.45) is 6.68. The van der Waals surface area contributed by atoms with Crippen molar-refractivity contribution in [3.05, 3.63) is 65.7 Å². The van der Waals surface area contributed by atoms with Crippen molar-refractivity contribution in [3.8, 4) is 11.3 Å². The minimum Gasteiger partial charge on any atom is -0.352 e. The Morgan fingerprint density at radius 1 is 1.06 bits per heavy atom. The van der Waals surface area contributed by atoms with E-state index in [1.807, 2.05) is 17.0 Å². The molecule has 1 amide bonds. The number of hydrogen-bond donors (Lipinski definition) is 0. The second kappa shape index (κ2) is 10.2. The fraction of sp³-hybridized carbons (Fsp3) is 0.370. The van der Waals surface area contributed by atoms with Crippen molar-refractivity contribution in [1.29, 1.82) is 0 Å². The first-order chi connectivity index (χ1) is 17.1. The molecule has 0 bridgehead atoms. The highest BCUT2D eigenvalue weighted by molar-refractivity contribution is 5.98. The van der Waals surface area contributed by atoms with E-state index in [9.17, 15) is 4.79 Å². The Hall–Kier alpha value is -3.81. The molecule has 0 aliphatic carbocycles. The van der Waals surface area contributed by atoms with E-state index < -0.39 is 0 Å². The second-order valence-electron chi connectivity index (χ2n) is 9.05. The molecule has 1 fully saturated rings. The van der Waals surface area contributed by atoms with Gasteiger partial charge in [0.2, 0.25) is 5.91 Å². The van der Waals surface area contributed by atoms with Crippen LogP contribution in [0.4, 0.5) is 5.82 Å². The van der Waals surface area contributed by atoms with Crippen molar-refractivity contribution >= 4 is 22.8 Å². The van der Waals surface area contributed by atoms with E-state index in [1.165, 1.54) is 5.56 Å². The highest BCUT2D eigenvalue weighted by Crippen LogP contribution is 2.34. The number of unbranched alkanes of at least 4 members (excludes halogenated alkanes) is 1. The van der Waals surface area contributed by atoms with Crippen LogP contribution in [0.1, 0.15) is 43.1 Å². The Morgan fingerprint density at radius 3 is 2.57 bits per heavy atom. The lowest BCUT2D eigenvalue weighted by molar-refractivity contribution is -0.131. The maximum Gasteiger partial charge on any atom is 0.263 e. The van der Waals surface area contributed by atoms with Crippen LogP contribution in [0.3, 0.4) is 0 Å². The number of carbonyl (C=O) groups excluding carboxylic acids is 1. The molecule has 8 heteroatoms. The summed E-state index contributed by atoms with van der Waals surface area (Å²) in [6, 6.07) is 12.2. The molecule has 0 atom stereocenters. The molecule has 8 nitrogen and oxygen atoms in total. The van der Waals surface area contributed by atoms with Gasteiger partial charge in [0.25, 0.3) is 5.71 Å². The molecule has 1 aromatic carbocycles. The molecule has 0 spiro atoms. The van der Waals surface area contributed by atoms with Gasteiger partial charge in [-0.1, -0.05) is 48.3 Å². The molecule has 5 rings (SSSR count). The molecule has 0 saturated carbocycles. The molecule has 4 aromatic rings. The number of fused-ring (bicyclic) bond motifs is 1. The van der Waals surface area contributed by atoms with Crippen LogP contribution >= 0.6 is 0 Å². The van der Waals surface area contributed by atoms with Crippen molar-refractivity contribution in [2.24, 2.45) is 0 Å². The van der Waals surface area contributed by atoms with Gasteiger partial charge in [-0.3, -0.25) is 9.78 Å². The number of amides is 1. The number of piperazine rings is 1. The third kappa shape index (κ3) is 5.01. The number of benzene rings is 1. The molecule has 4 heterocycles. The topological polar surface area (TPSA) is 88.3 Å². The van der Waals surface area contributed by atoms with Crippen LogP contribution in [0, 0.1) is 6.92 Å². The van der Waals surface area contributed by atoms with E-state index in [0.29, 0.717) is 56.3 Å². The molecule has 35 heavy (non-hydrogen) atoms. The van der Waals surface area contributed by atoms with Crippen molar-refractivity contribution in [2.45, 2.75) is 39.5 Å². The van der Waals surface area contributed by atoms with Crippen molar-refractivity contribution in [2.75, 3.05) is 31.1 Å². The molecule has 1 saturated heterocycles. The summed E-state index contributed by atoms with van der Waals surface area (Å²) in [7, 11) is 0. The molecule has 1 aliphatic heterocycles. The fourth-order valence-electron chi connectivity index (χ4n) is 4.43. The Kier molecular flexibility index (Phi) is 6.70. The van der Waals surface area contributed by atoms with E-state index in [4.69, 9.17) is 14.5 Å². The van der Waals surface area contributed by atoms with Gasteiger partial charge in [-0.25, -0.2) is 4.98 Å². The number of rotatable bonds is 7. The summed E-state index contributed by atoms with van der Waals surface area (Å²) in [5.74, 6) is 1.73. The number of anilines is 1. The van der Waals surface area contributed by atoms with Crippen LogP contribution in [0.5, 0.6) is 0 Å². The average Bonchev–Trinajstić information content (AvgIpc) is 3.33. The third-order valence-electron chi connectivity index (χ3n) is 6.46. The molecule has 180 valence electrons. The third-order valence-corrected chi connectivity index (χ3v) is 6.46. The van der Waals surface area contributed by atoms with E-state index in [0.717, 1.165) is 35.2 Å². The zero-order valence-electron chi connectivity index (χ0n) is 20.3. The molecular weight excluding hydrogens is 440 g/mol. The van der Waals surface area contributed by atoms with Crippen molar-refractivity contribution < 1.29 is 9.32 Å². The van der Waals surface area contributed by atoms with Gasteiger partial charge in [-0.05, 0) is 31.0 Å². The Bertz CT molecular complexity index is 1290. The molecule has 1 aliphatic rings. The zero-order valence-corrected chi connectivity index (χ0v) is 20.3. The molecule has 3 aromatic heterocycles. The first-order valence-corrected chi connectivity index (χ1v) is 12.3. The standard InChI is InChI=1S/C27H30N6O2/c1-3-4-7-23(34)32-13-15-33(16-14-32)26-24-25(21-6-5-12-28-18-21)31-35-27(24)30-22(29-26)17-20-10-8-19(2)9-11-20/h5-6,8-12,18H,3-4,7,13-17H2,1-2H3.